The zero-order chi connectivity index (χ0) is 19.2. The molecular formula is C19H20N2O6. The van der Waals surface area contributed by atoms with E-state index < -0.39 is 18.5 Å². The van der Waals surface area contributed by atoms with E-state index in [1.165, 1.54) is 11.2 Å². The number of hydrogen-bond acceptors (Lipinski definition) is 6. The molecule has 0 unspecified atom stereocenters. The molecule has 0 saturated carbocycles. The molecule has 1 aromatic carbocycles. The molecule has 1 aliphatic rings. The Labute approximate surface area is 156 Å². The Morgan fingerprint density at radius 2 is 2.07 bits per heavy atom. The average molecular weight is 372 g/mol. The molecule has 0 aliphatic carbocycles. The smallest absolute Gasteiger partial charge is 0.326 e. The third kappa shape index (κ3) is 4.66. The summed E-state index contributed by atoms with van der Waals surface area (Å²) in [6.45, 7) is 1.27. The predicted octanol–water partition coefficient (Wildman–Crippen LogP) is 1.82. The predicted molar refractivity (Wildman–Crippen MR) is 95.1 cm³/mol. The van der Waals surface area contributed by atoms with Crippen molar-refractivity contribution in [3.05, 3.63) is 48.4 Å². The number of rotatable bonds is 6. The second kappa shape index (κ2) is 8.39. The van der Waals surface area contributed by atoms with Crippen molar-refractivity contribution in [3.63, 3.8) is 0 Å². The number of benzene rings is 1. The largest absolute Gasteiger partial charge is 0.491 e. The fourth-order valence-electron chi connectivity index (χ4n) is 2.71. The molecule has 1 atom stereocenters. The summed E-state index contributed by atoms with van der Waals surface area (Å²) in [5.41, 5.74) is 0.507. The van der Waals surface area contributed by atoms with Gasteiger partial charge in [0.1, 0.15) is 18.1 Å². The third-order valence-corrected chi connectivity index (χ3v) is 4.03. The summed E-state index contributed by atoms with van der Waals surface area (Å²) in [6.07, 6.45) is 1.67. The number of fused-ring (bicyclic) bond motifs is 1. The lowest BCUT2D eigenvalue weighted by molar-refractivity contribution is -0.147. The van der Waals surface area contributed by atoms with Gasteiger partial charge < -0.3 is 19.2 Å². The maximum absolute atomic E-state index is 12.3. The molecule has 2 heterocycles. The van der Waals surface area contributed by atoms with E-state index in [1.54, 1.807) is 43.3 Å². The van der Waals surface area contributed by atoms with Crippen LogP contribution in [0.3, 0.4) is 0 Å². The Bertz CT molecular complexity index is 817. The first-order chi connectivity index (χ1) is 13.0. The second-order valence-corrected chi connectivity index (χ2v) is 6.01. The maximum atomic E-state index is 12.3. The van der Waals surface area contributed by atoms with Crippen LogP contribution in [0.2, 0.25) is 0 Å². The Balaban J connectivity index is 1.54. The number of carbonyl (C=O) groups excluding carboxylic acids is 3. The van der Waals surface area contributed by atoms with Crippen LogP contribution in [0.15, 0.2) is 47.1 Å². The van der Waals surface area contributed by atoms with Crippen molar-refractivity contribution in [1.82, 2.24) is 5.32 Å². The number of nitrogens with zero attached hydrogens (tertiary/aromatic N) is 1. The number of hydrogen-bond donors (Lipinski definition) is 1. The van der Waals surface area contributed by atoms with E-state index in [1.807, 2.05) is 0 Å². The zero-order valence-electron chi connectivity index (χ0n) is 14.8. The van der Waals surface area contributed by atoms with Crippen molar-refractivity contribution in [3.8, 4) is 5.75 Å². The number of anilines is 1. The van der Waals surface area contributed by atoms with Gasteiger partial charge in [-0.05, 0) is 31.2 Å². The molecule has 1 aliphatic heterocycles. The number of nitrogens with one attached hydrogen (secondary N) is 1. The standard InChI is InChI=1S/C19H20N2O6/c1-13(15-7-4-9-25-15)20-17(22)12-27-19(24)11-21-14-5-2-3-6-16(14)26-10-8-18(21)23/h2-7,9,13H,8,10-12H2,1H3,(H,20,22)/t13-/m0/s1. The minimum atomic E-state index is -0.680. The van der Waals surface area contributed by atoms with Gasteiger partial charge in [-0.1, -0.05) is 12.1 Å². The van der Waals surface area contributed by atoms with E-state index >= 15 is 0 Å². The molecule has 2 amide bonds. The molecule has 1 N–H and O–H groups in total. The first kappa shape index (κ1) is 18.5. The highest BCUT2D eigenvalue weighted by molar-refractivity contribution is 5.99. The number of carbonyl (C=O) groups is 3. The van der Waals surface area contributed by atoms with Crippen molar-refractivity contribution >= 4 is 23.5 Å². The molecule has 8 heteroatoms. The van der Waals surface area contributed by atoms with E-state index in [0.717, 1.165) is 0 Å². The molecule has 3 rings (SSSR count). The minimum Gasteiger partial charge on any atom is -0.491 e. The van der Waals surface area contributed by atoms with Crippen molar-refractivity contribution < 1.29 is 28.3 Å². The van der Waals surface area contributed by atoms with Crippen LogP contribution < -0.4 is 15.0 Å². The molecule has 0 saturated heterocycles. The van der Waals surface area contributed by atoms with Crippen LogP contribution in [0.5, 0.6) is 5.75 Å². The van der Waals surface area contributed by atoms with Gasteiger partial charge in [0.2, 0.25) is 5.91 Å². The summed E-state index contributed by atoms with van der Waals surface area (Å²) >= 11 is 0. The Hall–Kier alpha value is -3.29. The number of furan rings is 1. The Morgan fingerprint density at radius 3 is 2.85 bits per heavy atom. The molecular weight excluding hydrogens is 352 g/mol. The maximum Gasteiger partial charge on any atom is 0.326 e. The lowest BCUT2D eigenvalue weighted by Crippen LogP contribution is -2.37. The summed E-state index contributed by atoms with van der Waals surface area (Å²) in [5, 5.41) is 2.67. The van der Waals surface area contributed by atoms with E-state index in [-0.39, 0.29) is 31.5 Å². The highest BCUT2D eigenvalue weighted by atomic mass is 16.5. The van der Waals surface area contributed by atoms with Crippen LogP contribution in [-0.4, -0.2) is 37.5 Å². The molecule has 0 bridgehead atoms. The van der Waals surface area contributed by atoms with E-state index in [4.69, 9.17) is 13.9 Å². The zero-order valence-corrected chi connectivity index (χ0v) is 14.8. The van der Waals surface area contributed by atoms with Crippen molar-refractivity contribution in [1.29, 1.82) is 0 Å². The summed E-state index contributed by atoms with van der Waals surface area (Å²) in [6, 6.07) is 10.1. The molecule has 142 valence electrons. The van der Waals surface area contributed by atoms with Gasteiger partial charge in [0.15, 0.2) is 6.61 Å². The van der Waals surface area contributed by atoms with Crippen molar-refractivity contribution in [2.24, 2.45) is 0 Å². The second-order valence-electron chi connectivity index (χ2n) is 6.01. The van der Waals surface area contributed by atoms with Gasteiger partial charge in [0.25, 0.3) is 5.91 Å². The first-order valence-electron chi connectivity index (χ1n) is 8.55. The van der Waals surface area contributed by atoms with Crippen LogP contribution in [0.25, 0.3) is 0 Å². The molecule has 27 heavy (non-hydrogen) atoms. The molecule has 1 aromatic heterocycles. The number of esters is 1. The van der Waals surface area contributed by atoms with Gasteiger partial charge in [0.05, 0.1) is 31.0 Å². The summed E-state index contributed by atoms with van der Waals surface area (Å²) in [4.78, 5) is 37.7. The Kier molecular flexibility index (Phi) is 5.75. The van der Waals surface area contributed by atoms with Crippen molar-refractivity contribution in [2.75, 3.05) is 24.7 Å². The highest BCUT2D eigenvalue weighted by Crippen LogP contribution is 2.30. The molecule has 2 aromatic rings. The summed E-state index contributed by atoms with van der Waals surface area (Å²) in [5.74, 6) is -0.255. The monoisotopic (exact) mass is 372 g/mol. The van der Waals surface area contributed by atoms with E-state index in [2.05, 4.69) is 5.32 Å². The fraction of sp³-hybridized carbons (Fsp3) is 0.316. The number of para-hydroxylation sites is 2. The van der Waals surface area contributed by atoms with Gasteiger partial charge >= 0.3 is 5.97 Å². The molecule has 0 fully saturated rings. The fourth-order valence-corrected chi connectivity index (χ4v) is 2.71. The van der Waals surface area contributed by atoms with Crippen LogP contribution in [0.1, 0.15) is 25.1 Å². The van der Waals surface area contributed by atoms with Gasteiger partial charge in [-0.15, -0.1) is 0 Å². The first-order valence-corrected chi connectivity index (χ1v) is 8.55. The van der Waals surface area contributed by atoms with Gasteiger partial charge in [-0.2, -0.15) is 0 Å². The van der Waals surface area contributed by atoms with Crippen LogP contribution >= 0.6 is 0 Å². The number of amides is 2. The topological polar surface area (TPSA) is 98.1 Å². The highest BCUT2D eigenvalue weighted by Gasteiger charge is 2.26. The Morgan fingerprint density at radius 1 is 1.26 bits per heavy atom. The van der Waals surface area contributed by atoms with Gasteiger partial charge in [0, 0.05) is 0 Å². The normalized spacial score (nSPS) is 14.6. The lowest BCUT2D eigenvalue weighted by Gasteiger charge is -2.20. The van der Waals surface area contributed by atoms with Crippen LogP contribution in [0.4, 0.5) is 5.69 Å². The molecule has 8 nitrogen and oxygen atoms in total. The quantitative estimate of drug-likeness (QED) is 0.777. The average Bonchev–Trinajstić information content (AvgIpc) is 3.15. The van der Waals surface area contributed by atoms with Gasteiger partial charge in [-0.3, -0.25) is 19.3 Å². The van der Waals surface area contributed by atoms with Crippen LogP contribution in [-0.2, 0) is 19.1 Å². The minimum absolute atomic E-state index is 0.156. The summed E-state index contributed by atoms with van der Waals surface area (Å²) in [7, 11) is 0. The third-order valence-electron chi connectivity index (χ3n) is 4.03. The summed E-state index contributed by atoms with van der Waals surface area (Å²) < 4.78 is 15.7. The lowest BCUT2D eigenvalue weighted by atomic mass is 10.2. The number of ether oxygens (including phenoxy) is 2. The SMILES string of the molecule is C[C@H](NC(=O)COC(=O)CN1C(=O)CCOc2ccccc21)c1ccco1. The van der Waals surface area contributed by atoms with Crippen LogP contribution in [0, 0.1) is 0 Å². The van der Waals surface area contributed by atoms with E-state index in [9.17, 15) is 14.4 Å². The van der Waals surface area contributed by atoms with E-state index in [0.29, 0.717) is 17.2 Å². The van der Waals surface area contributed by atoms with Crippen molar-refractivity contribution in [2.45, 2.75) is 19.4 Å². The molecule has 0 radical (unpaired) electrons. The van der Waals surface area contributed by atoms with Gasteiger partial charge in [-0.25, -0.2) is 0 Å². The molecule has 0 spiro atoms.